The van der Waals surface area contributed by atoms with Crippen LogP contribution in [0.15, 0.2) is 30.3 Å². The van der Waals surface area contributed by atoms with Gasteiger partial charge in [-0.1, -0.05) is 18.2 Å². The number of hydrogen-bond acceptors (Lipinski definition) is 3. The molecule has 1 aliphatic carbocycles. The summed E-state index contributed by atoms with van der Waals surface area (Å²) in [5, 5.41) is 5.56. The third kappa shape index (κ3) is 3.79. The van der Waals surface area contributed by atoms with E-state index in [1.54, 1.807) is 7.11 Å². The van der Waals surface area contributed by atoms with E-state index in [2.05, 4.69) is 10.6 Å². The van der Waals surface area contributed by atoms with Crippen LogP contribution in [0.5, 0.6) is 0 Å². The van der Waals surface area contributed by atoms with Gasteiger partial charge in [-0.05, 0) is 18.6 Å². The van der Waals surface area contributed by atoms with Crippen molar-refractivity contribution >= 4 is 17.5 Å². The monoisotopic (exact) mass is 262 g/mol. The van der Waals surface area contributed by atoms with Crippen molar-refractivity contribution in [2.24, 2.45) is 11.8 Å². The molecule has 0 saturated heterocycles. The normalized spacial score (nSPS) is 20.7. The predicted octanol–water partition coefficient (Wildman–Crippen LogP) is 1.02. The molecule has 1 saturated carbocycles. The van der Waals surface area contributed by atoms with E-state index in [1.807, 2.05) is 30.3 Å². The zero-order valence-electron chi connectivity index (χ0n) is 10.9. The molecular formula is C14H18N2O3. The number of anilines is 1. The van der Waals surface area contributed by atoms with Gasteiger partial charge in [-0.3, -0.25) is 9.59 Å². The maximum absolute atomic E-state index is 11.9. The molecule has 1 aromatic rings. The summed E-state index contributed by atoms with van der Waals surface area (Å²) in [5.41, 5.74) is 0.762. The quantitative estimate of drug-likeness (QED) is 0.752. The van der Waals surface area contributed by atoms with Crippen molar-refractivity contribution in [3.05, 3.63) is 30.3 Å². The number of amides is 2. The topological polar surface area (TPSA) is 67.4 Å². The highest BCUT2D eigenvalue weighted by Gasteiger charge is 2.47. The number of carbonyl (C=O) groups is 2. The number of carbonyl (C=O) groups excluding carboxylic acids is 2. The van der Waals surface area contributed by atoms with Crippen LogP contribution in [-0.2, 0) is 14.3 Å². The zero-order chi connectivity index (χ0) is 13.7. The lowest BCUT2D eigenvalue weighted by Gasteiger charge is -2.05. The SMILES string of the molecule is COCCNC(=O)C1CC1C(=O)Nc1ccccc1. The Morgan fingerprint density at radius 2 is 1.89 bits per heavy atom. The smallest absolute Gasteiger partial charge is 0.228 e. The van der Waals surface area contributed by atoms with Gasteiger partial charge in [0.1, 0.15) is 0 Å². The van der Waals surface area contributed by atoms with Gasteiger partial charge in [0.05, 0.1) is 18.4 Å². The molecule has 0 radical (unpaired) electrons. The summed E-state index contributed by atoms with van der Waals surface area (Å²) in [7, 11) is 1.58. The molecule has 2 N–H and O–H groups in total. The molecule has 1 fully saturated rings. The van der Waals surface area contributed by atoms with Crippen LogP contribution in [-0.4, -0.2) is 32.1 Å². The molecular weight excluding hydrogens is 244 g/mol. The number of rotatable bonds is 6. The summed E-state index contributed by atoms with van der Waals surface area (Å²) in [6.07, 6.45) is 0.623. The molecule has 5 heteroatoms. The second kappa shape index (κ2) is 6.33. The Balaban J connectivity index is 1.76. The Bertz CT molecular complexity index is 447. The molecule has 2 unspecified atom stereocenters. The lowest BCUT2D eigenvalue weighted by molar-refractivity contribution is -0.125. The lowest BCUT2D eigenvalue weighted by Crippen LogP contribution is -2.30. The van der Waals surface area contributed by atoms with Gasteiger partial charge in [-0.15, -0.1) is 0 Å². The number of methoxy groups -OCH3 is 1. The van der Waals surface area contributed by atoms with Crippen LogP contribution in [0, 0.1) is 11.8 Å². The Morgan fingerprint density at radius 3 is 2.58 bits per heavy atom. The van der Waals surface area contributed by atoms with Crippen LogP contribution in [0.4, 0.5) is 5.69 Å². The molecule has 0 spiro atoms. The highest BCUT2D eigenvalue weighted by Crippen LogP contribution is 2.39. The van der Waals surface area contributed by atoms with Gasteiger partial charge in [0.15, 0.2) is 0 Å². The summed E-state index contributed by atoms with van der Waals surface area (Å²) in [6.45, 7) is 0.970. The fourth-order valence-corrected chi connectivity index (χ4v) is 1.94. The first-order valence-electron chi connectivity index (χ1n) is 6.35. The van der Waals surface area contributed by atoms with Crippen LogP contribution >= 0.6 is 0 Å². The van der Waals surface area contributed by atoms with Gasteiger partial charge in [-0.2, -0.15) is 0 Å². The number of hydrogen-bond donors (Lipinski definition) is 2. The molecule has 2 atom stereocenters. The van der Waals surface area contributed by atoms with Gasteiger partial charge >= 0.3 is 0 Å². The maximum Gasteiger partial charge on any atom is 0.228 e. The summed E-state index contributed by atoms with van der Waals surface area (Å²) < 4.78 is 4.85. The number of para-hydroxylation sites is 1. The fourth-order valence-electron chi connectivity index (χ4n) is 1.94. The first kappa shape index (κ1) is 13.5. The van der Waals surface area contributed by atoms with E-state index in [-0.39, 0.29) is 23.7 Å². The van der Waals surface area contributed by atoms with Crippen LogP contribution < -0.4 is 10.6 Å². The Hall–Kier alpha value is -1.88. The summed E-state index contributed by atoms with van der Waals surface area (Å²) in [4.78, 5) is 23.6. The van der Waals surface area contributed by atoms with Gasteiger partial charge < -0.3 is 15.4 Å². The van der Waals surface area contributed by atoms with E-state index in [0.717, 1.165) is 5.69 Å². The second-order valence-corrected chi connectivity index (χ2v) is 4.59. The van der Waals surface area contributed by atoms with E-state index in [0.29, 0.717) is 19.6 Å². The minimum atomic E-state index is -0.206. The molecule has 2 rings (SSSR count). The van der Waals surface area contributed by atoms with Gasteiger partial charge in [0.2, 0.25) is 11.8 Å². The average Bonchev–Trinajstić information content (AvgIpc) is 3.20. The maximum atomic E-state index is 11.9. The molecule has 0 bridgehead atoms. The third-order valence-electron chi connectivity index (χ3n) is 3.11. The van der Waals surface area contributed by atoms with Crippen molar-refractivity contribution < 1.29 is 14.3 Å². The van der Waals surface area contributed by atoms with E-state index >= 15 is 0 Å². The average molecular weight is 262 g/mol. The molecule has 0 heterocycles. The first-order chi connectivity index (χ1) is 9.22. The second-order valence-electron chi connectivity index (χ2n) is 4.59. The Labute approximate surface area is 112 Å². The van der Waals surface area contributed by atoms with E-state index in [4.69, 9.17) is 4.74 Å². The van der Waals surface area contributed by atoms with Gasteiger partial charge in [0.25, 0.3) is 0 Å². The van der Waals surface area contributed by atoms with Crippen molar-refractivity contribution in [2.75, 3.05) is 25.6 Å². The molecule has 0 aromatic heterocycles. The number of benzene rings is 1. The summed E-state index contributed by atoms with van der Waals surface area (Å²) >= 11 is 0. The molecule has 1 aliphatic rings. The number of nitrogens with one attached hydrogen (secondary N) is 2. The van der Waals surface area contributed by atoms with Crippen LogP contribution in [0.3, 0.4) is 0 Å². The molecule has 2 amide bonds. The van der Waals surface area contributed by atoms with E-state index in [1.165, 1.54) is 0 Å². The molecule has 19 heavy (non-hydrogen) atoms. The van der Waals surface area contributed by atoms with Crippen LogP contribution in [0.1, 0.15) is 6.42 Å². The first-order valence-corrected chi connectivity index (χ1v) is 6.35. The summed E-state index contributed by atoms with van der Waals surface area (Å²) in [5.74, 6) is -0.549. The summed E-state index contributed by atoms with van der Waals surface area (Å²) in [6, 6.07) is 9.26. The van der Waals surface area contributed by atoms with Crippen LogP contribution in [0.2, 0.25) is 0 Å². The Morgan fingerprint density at radius 1 is 1.21 bits per heavy atom. The molecule has 102 valence electrons. The highest BCUT2D eigenvalue weighted by molar-refractivity contribution is 5.99. The van der Waals surface area contributed by atoms with Crippen molar-refractivity contribution in [3.8, 4) is 0 Å². The molecule has 5 nitrogen and oxygen atoms in total. The lowest BCUT2D eigenvalue weighted by atomic mass is 10.2. The highest BCUT2D eigenvalue weighted by atomic mass is 16.5. The van der Waals surface area contributed by atoms with E-state index < -0.39 is 0 Å². The Kier molecular flexibility index (Phi) is 4.52. The van der Waals surface area contributed by atoms with Crippen molar-refractivity contribution in [3.63, 3.8) is 0 Å². The van der Waals surface area contributed by atoms with Crippen LogP contribution in [0.25, 0.3) is 0 Å². The van der Waals surface area contributed by atoms with Crippen molar-refractivity contribution in [2.45, 2.75) is 6.42 Å². The number of ether oxygens (including phenoxy) is 1. The van der Waals surface area contributed by atoms with Gasteiger partial charge in [0, 0.05) is 19.3 Å². The molecule has 0 aliphatic heterocycles. The van der Waals surface area contributed by atoms with Gasteiger partial charge in [-0.25, -0.2) is 0 Å². The largest absolute Gasteiger partial charge is 0.383 e. The molecule has 1 aromatic carbocycles. The van der Waals surface area contributed by atoms with Crippen molar-refractivity contribution in [1.82, 2.24) is 5.32 Å². The minimum Gasteiger partial charge on any atom is -0.383 e. The fraction of sp³-hybridized carbons (Fsp3) is 0.429. The van der Waals surface area contributed by atoms with Crippen molar-refractivity contribution in [1.29, 1.82) is 0 Å². The third-order valence-corrected chi connectivity index (χ3v) is 3.11. The predicted molar refractivity (Wildman–Crippen MR) is 71.6 cm³/mol. The zero-order valence-corrected chi connectivity index (χ0v) is 10.9. The minimum absolute atomic E-state index is 0.0646. The standard InChI is InChI=1S/C14H18N2O3/c1-19-8-7-15-13(17)11-9-12(11)14(18)16-10-5-3-2-4-6-10/h2-6,11-12H,7-9H2,1H3,(H,15,17)(H,16,18). The van der Waals surface area contributed by atoms with E-state index in [9.17, 15) is 9.59 Å².